The van der Waals surface area contributed by atoms with Gasteiger partial charge in [-0.1, -0.05) is 29.8 Å². The molecule has 0 aliphatic carbocycles. The fourth-order valence-corrected chi connectivity index (χ4v) is 3.86. The fraction of sp³-hybridized carbons (Fsp3) is 0.278. The first kappa shape index (κ1) is 21.5. The highest BCUT2D eigenvalue weighted by Crippen LogP contribution is 2.29. The summed E-state index contributed by atoms with van der Waals surface area (Å²) >= 11 is 6.32. The van der Waals surface area contributed by atoms with E-state index in [0.29, 0.717) is 35.9 Å². The fourth-order valence-electron chi connectivity index (χ4n) is 3.03. The zero-order valence-electron chi connectivity index (χ0n) is 14.7. The van der Waals surface area contributed by atoms with Crippen molar-refractivity contribution < 1.29 is 13.2 Å². The van der Waals surface area contributed by atoms with Crippen LogP contribution in [0, 0.1) is 0 Å². The van der Waals surface area contributed by atoms with Gasteiger partial charge < -0.3 is 10.2 Å². The number of hydrogen-bond donors (Lipinski definition) is 2. The van der Waals surface area contributed by atoms with Gasteiger partial charge >= 0.3 is 0 Å². The van der Waals surface area contributed by atoms with Crippen LogP contribution in [0.3, 0.4) is 0 Å². The van der Waals surface area contributed by atoms with E-state index in [-0.39, 0.29) is 24.4 Å². The monoisotopic (exact) mass is 429 g/mol. The van der Waals surface area contributed by atoms with Crippen molar-refractivity contribution in [2.75, 3.05) is 30.6 Å². The molecule has 1 amide bonds. The number of anilines is 1. The Bertz CT molecular complexity index is 904. The van der Waals surface area contributed by atoms with Crippen LogP contribution in [-0.4, -0.2) is 45.1 Å². The number of amides is 1. The Balaban J connectivity index is 0.00000261. The van der Waals surface area contributed by atoms with Gasteiger partial charge in [0.2, 0.25) is 10.0 Å². The maximum Gasteiger partial charge on any atom is 0.254 e. The minimum atomic E-state index is -3.35. The van der Waals surface area contributed by atoms with Gasteiger partial charge in [-0.2, -0.15) is 0 Å². The minimum absolute atomic E-state index is 0. The molecule has 1 aliphatic rings. The molecule has 0 saturated carbocycles. The molecule has 27 heavy (non-hydrogen) atoms. The lowest BCUT2D eigenvalue weighted by molar-refractivity contribution is 0.0634. The molecule has 9 heteroatoms. The lowest BCUT2D eigenvalue weighted by Gasteiger charge is -2.37. The van der Waals surface area contributed by atoms with E-state index >= 15 is 0 Å². The van der Waals surface area contributed by atoms with Crippen molar-refractivity contribution in [1.82, 2.24) is 10.2 Å². The lowest BCUT2D eigenvalue weighted by Crippen LogP contribution is -2.48. The number of piperazine rings is 1. The first-order valence-corrected chi connectivity index (χ1v) is 10.5. The molecule has 0 bridgehead atoms. The normalized spacial score (nSPS) is 17.1. The van der Waals surface area contributed by atoms with Crippen molar-refractivity contribution in [2.24, 2.45) is 0 Å². The summed E-state index contributed by atoms with van der Waals surface area (Å²) in [7, 11) is -3.35. The van der Waals surface area contributed by atoms with Crippen molar-refractivity contribution in [3.63, 3.8) is 0 Å². The van der Waals surface area contributed by atoms with E-state index in [0.717, 1.165) is 11.8 Å². The molecular weight excluding hydrogens is 409 g/mol. The first-order valence-electron chi connectivity index (χ1n) is 8.19. The summed E-state index contributed by atoms with van der Waals surface area (Å²) in [5.41, 5.74) is 1.83. The summed E-state index contributed by atoms with van der Waals surface area (Å²) < 4.78 is 25.0. The minimum Gasteiger partial charge on any atom is -0.329 e. The van der Waals surface area contributed by atoms with E-state index in [4.69, 9.17) is 11.6 Å². The van der Waals surface area contributed by atoms with Crippen molar-refractivity contribution in [1.29, 1.82) is 0 Å². The summed E-state index contributed by atoms with van der Waals surface area (Å²) in [6.07, 6.45) is 1.08. The molecule has 1 atom stereocenters. The van der Waals surface area contributed by atoms with Crippen LogP contribution in [0.25, 0.3) is 0 Å². The molecule has 0 aromatic heterocycles. The molecule has 1 saturated heterocycles. The maximum atomic E-state index is 13.0. The molecule has 0 radical (unpaired) electrons. The number of hydrogen-bond acceptors (Lipinski definition) is 4. The summed E-state index contributed by atoms with van der Waals surface area (Å²) in [4.78, 5) is 14.8. The quantitative estimate of drug-likeness (QED) is 0.782. The number of rotatable bonds is 4. The van der Waals surface area contributed by atoms with Crippen LogP contribution >= 0.6 is 24.0 Å². The average Bonchev–Trinajstić information content (AvgIpc) is 2.61. The molecule has 3 rings (SSSR count). The van der Waals surface area contributed by atoms with Gasteiger partial charge in [0.1, 0.15) is 0 Å². The number of nitrogens with zero attached hydrogens (tertiary/aromatic N) is 1. The summed E-state index contributed by atoms with van der Waals surface area (Å²) in [5.74, 6) is -0.109. The second kappa shape index (κ2) is 8.93. The molecule has 2 aromatic carbocycles. The van der Waals surface area contributed by atoms with Gasteiger partial charge in [0.15, 0.2) is 0 Å². The molecule has 1 unspecified atom stereocenters. The lowest BCUT2D eigenvalue weighted by atomic mass is 10.0. The molecule has 1 aliphatic heterocycles. The van der Waals surface area contributed by atoms with Gasteiger partial charge in [-0.15, -0.1) is 12.4 Å². The smallest absolute Gasteiger partial charge is 0.254 e. The Morgan fingerprint density at radius 3 is 2.48 bits per heavy atom. The van der Waals surface area contributed by atoms with Crippen LogP contribution in [0.15, 0.2) is 48.5 Å². The number of carbonyl (C=O) groups is 1. The SMILES string of the molecule is CS(=O)(=O)Nc1ccc(C(=O)N2CCNCC2c2ccccc2Cl)cc1.Cl. The predicted octanol–water partition coefficient (Wildman–Crippen LogP) is 2.92. The molecule has 2 aromatic rings. The van der Waals surface area contributed by atoms with Crippen molar-refractivity contribution in [2.45, 2.75) is 6.04 Å². The number of halogens is 2. The highest BCUT2D eigenvalue weighted by atomic mass is 35.5. The van der Waals surface area contributed by atoms with Crippen LogP contribution in [0.5, 0.6) is 0 Å². The summed E-state index contributed by atoms with van der Waals surface area (Å²) in [5, 5.41) is 3.93. The zero-order chi connectivity index (χ0) is 18.7. The second-order valence-corrected chi connectivity index (χ2v) is 8.35. The van der Waals surface area contributed by atoms with Crippen molar-refractivity contribution in [3.8, 4) is 0 Å². The van der Waals surface area contributed by atoms with E-state index < -0.39 is 10.0 Å². The highest BCUT2D eigenvalue weighted by Gasteiger charge is 2.29. The van der Waals surface area contributed by atoms with Gasteiger partial charge in [-0.3, -0.25) is 9.52 Å². The molecule has 6 nitrogen and oxygen atoms in total. The Hall–Kier alpha value is -1.80. The Kier molecular flexibility index (Phi) is 7.11. The standard InChI is InChI=1S/C18H20ClN3O3S.ClH/c1-26(24,25)21-14-8-6-13(7-9-14)18(23)22-11-10-20-12-17(22)15-4-2-3-5-16(15)19;/h2-9,17,20-21H,10-12H2,1H3;1H. The third-order valence-electron chi connectivity index (χ3n) is 4.20. The van der Waals surface area contributed by atoms with Crippen LogP contribution < -0.4 is 10.0 Å². The van der Waals surface area contributed by atoms with Gasteiger partial charge in [0, 0.05) is 35.9 Å². The zero-order valence-corrected chi connectivity index (χ0v) is 17.1. The summed E-state index contributed by atoms with van der Waals surface area (Å²) in [6.45, 7) is 1.90. The number of sulfonamides is 1. The van der Waals surface area contributed by atoms with Crippen LogP contribution in [-0.2, 0) is 10.0 Å². The van der Waals surface area contributed by atoms with E-state index in [1.165, 1.54) is 0 Å². The van der Waals surface area contributed by atoms with Crippen LogP contribution in [0.4, 0.5) is 5.69 Å². The van der Waals surface area contributed by atoms with Gasteiger partial charge in [0.05, 0.1) is 12.3 Å². The van der Waals surface area contributed by atoms with E-state index in [2.05, 4.69) is 10.0 Å². The first-order chi connectivity index (χ1) is 12.3. The molecule has 1 heterocycles. The second-order valence-electron chi connectivity index (χ2n) is 6.19. The molecule has 2 N–H and O–H groups in total. The van der Waals surface area contributed by atoms with E-state index in [1.54, 1.807) is 29.2 Å². The maximum absolute atomic E-state index is 13.0. The van der Waals surface area contributed by atoms with Gasteiger partial charge in [0.25, 0.3) is 5.91 Å². The van der Waals surface area contributed by atoms with E-state index in [9.17, 15) is 13.2 Å². The van der Waals surface area contributed by atoms with Crippen LogP contribution in [0.1, 0.15) is 22.0 Å². The highest BCUT2D eigenvalue weighted by molar-refractivity contribution is 7.92. The largest absolute Gasteiger partial charge is 0.329 e. The Labute approximate surface area is 170 Å². The Morgan fingerprint density at radius 2 is 1.85 bits per heavy atom. The molecule has 1 fully saturated rings. The third-order valence-corrected chi connectivity index (χ3v) is 5.15. The third kappa shape index (κ3) is 5.35. The van der Waals surface area contributed by atoms with Crippen molar-refractivity contribution >= 4 is 45.6 Å². The predicted molar refractivity (Wildman–Crippen MR) is 110 cm³/mol. The molecule has 0 spiro atoms. The molecular formula is C18H21Cl2N3O3S. The topological polar surface area (TPSA) is 78.5 Å². The number of carbonyl (C=O) groups excluding carboxylic acids is 1. The van der Waals surface area contributed by atoms with Crippen LogP contribution in [0.2, 0.25) is 5.02 Å². The number of benzene rings is 2. The Morgan fingerprint density at radius 1 is 1.19 bits per heavy atom. The average molecular weight is 430 g/mol. The van der Waals surface area contributed by atoms with Gasteiger partial charge in [-0.25, -0.2) is 8.42 Å². The van der Waals surface area contributed by atoms with E-state index in [1.807, 2.05) is 24.3 Å². The summed E-state index contributed by atoms with van der Waals surface area (Å²) in [6, 6.07) is 13.8. The van der Waals surface area contributed by atoms with Crippen molar-refractivity contribution in [3.05, 3.63) is 64.7 Å². The van der Waals surface area contributed by atoms with Gasteiger partial charge in [-0.05, 0) is 35.9 Å². The number of nitrogens with one attached hydrogen (secondary N) is 2. The molecule has 146 valence electrons.